The van der Waals surface area contributed by atoms with Crippen molar-refractivity contribution in [2.75, 3.05) is 19.8 Å². The van der Waals surface area contributed by atoms with E-state index in [9.17, 15) is 24.5 Å². The second kappa shape index (κ2) is 32.3. The van der Waals surface area contributed by atoms with Crippen LogP contribution in [0.2, 0.25) is 0 Å². The summed E-state index contributed by atoms with van der Waals surface area (Å²) in [7, 11) is 0. The first kappa shape index (κ1) is 47.9. The highest BCUT2D eigenvalue weighted by molar-refractivity contribution is 5.72. The maximum Gasteiger partial charge on any atom is 0.513 e. The smallest absolute Gasteiger partial charge is 0.465 e. The van der Waals surface area contributed by atoms with Gasteiger partial charge in [0.2, 0.25) is 0 Å². The van der Waals surface area contributed by atoms with Crippen molar-refractivity contribution in [3.05, 3.63) is 34.4 Å². The first-order valence-corrected chi connectivity index (χ1v) is 21.2. The van der Waals surface area contributed by atoms with Crippen molar-refractivity contribution < 1.29 is 38.3 Å². The van der Waals surface area contributed by atoms with Crippen LogP contribution in [0, 0.1) is 27.9 Å². The highest BCUT2D eigenvalue weighted by atomic mass is 16.7. The van der Waals surface area contributed by atoms with Gasteiger partial charge in [-0.25, -0.2) is 4.79 Å². The minimum atomic E-state index is -0.944. The number of nitro groups is 1. The maximum absolute atomic E-state index is 13.3. The molecule has 10 nitrogen and oxygen atoms in total. The molecule has 2 atom stereocenters. The normalized spacial score (nSPS) is 12.3. The van der Waals surface area contributed by atoms with Crippen molar-refractivity contribution >= 4 is 23.8 Å². The molecule has 0 heterocycles. The summed E-state index contributed by atoms with van der Waals surface area (Å²) in [4.78, 5) is 49.2. The van der Waals surface area contributed by atoms with Gasteiger partial charge >= 0.3 is 18.1 Å². The van der Waals surface area contributed by atoms with E-state index in [1.165, 1.54) is 101 Å². The number of ether oxygens (including phenoxy) is 4. The topological polar surface area (TPSA) is 131 Å². The van der Waals surface area contributed by atoms with E-state index < -0.39 is 11.1 Å². The van der Waals surface area contributed by atoms with E-state index in [0.717, 1.165) is 64.2 Å². The van der Waals surface area contributed by atoms with Crippen LogP contribution < -0.4 is 4.74 Å². The van der Waals surface area contributed by atoms with Crippen molar-refractivity contribution in [3.8, 4) is 5.75 Å². The zero-order valence-electron chi connectivity index (χ0n) is 33.8. The Labute approximate surface area is 321 Å². The number of hydrogen-bond donors (Lipinski definition) is 0. The van der Waals surface area contributed by atoms with Crippen LogP contribution in [-0.2, 0) is 23.8 Å². The predicted molar refractivity (Wildman–Crippen MR) is 211 cm³/mol. The molecule has 304 valence electrons. The largest absolute Gasteiger partial charge is 0.513 e. The van der Waals surface area contributed by atoms with E-state index in [-0.39, 0.29) is 60.9 Å². The summed E-state index contributed by atoms with van der Waals surface area (Å²) in [6.45, 7) is 8.96. The van der Waals surface area contributed by atoms with Gasteiger partial charge in [-0.2, -0.15) is 0 Å². The lowest BCUT2D eigenvalue weighted by Gasteiger charge is -2.20. The number of rotatable bonds is 34. The molecule has 1 rings (SSSR count). The fourth-order valence-corrected chi connectivity index (χ4v) is 6.53. The van der Waals surface area contributed by atoms with E-state index in [2.05, 4.69) is 20.8 Å². The Bertz CT molecular complexity index is 1080. The van der Waals surface area contributed by atoms with Crippen molar-refractivity contribution in [2.45, 2.75) is 182 Å². The summed E-state index contributed by atoms with van der Waals surface area (Å²) < 4.78 is 22.2. The minimum Gasteiger partial charge on any atom is -0.465 e. The Morgan fingerprint density at radius 2 is 0.981 bits per heavy atom. The molecular weight excluding hydrogens is 674 g/mol. The van der Waals surface area contributed by atoms with Crippen LogP contribution in [0.5, 0.6) is 5.75 Å². The molecular formula is C43H73NO9. The van der Waals surface area contributed by atoms with E-state index in [0.29, 0.717) is 12.8 Å². The Morgan fingerprint density at radius 3 is 1.42 bits per heavy atom. The lowest BCUT2D eigenvalue weighted by atomic mass is 9.94. The fraction of sp³-hybridized carbons (Fsp3) is 0.791. The van der Waals surface area contributed by atoms with E-state index in [1.807, 2.05) is 6.92 Å². The zero-order chi connectivity index (χ0) is 38.9. The number of carbonyl (C=O) groups excluding carboxylic acids is 3. The third-order valence-electron chi connectivity index (χ3n) is 10.1. The van der Waals surface area contributed by atoms with Gasteiger partial charge in [0.05, 0.1) is 36.6 Å². The lowest BCUT2D eigenvalue weighted by Crippen LogP contribution is -2.24. The standard InChI is InChI=1S/C43H73NO9/c1-5-9-12-15-18-21-24-37(8-4)41(45)50-33-31-36(35-52-43(47)53-40-29-27-39(28-30-40)44(48)49)32-34-51-42(46)38(25-22-19-16-13-10-6-2)26-23-20-17-14-11-7-3/h27-30,36-38H,5-26,31-35H2,1-4H3. The first-order valence-electron chi connectivity index (χ1n) is 21.2. The second-order valence-corrected chi connectivity index (χ2v) is 14.7. The molecule has 1 aromatic rings. The molecule has 0 aromatic heterocycles. The van der Waals surface area contributed by atoms with Crippen molar-refractivity contribution in [1.29, 1.82) is 0 Å². The Balaban J connectivity index is 2.76. The number of non-ortho nitro benzene ring substituents is 1. The summed E-state index contributed by atoms with van der Waals surface area (Å²) in [5.41, 5.74) is -0.117. The van der Waals surface area contributed by atoms with Crippen LogP contribution in [0.1, 0.15) is 182 Å². The van der Waals surface area contributed by atoms with Gasteiger partial charge in [-0.1, -0.05) is 143 Å². The molecule has 1 aromatic carbocycles. The highest BCUT2D eigenvalue weighted by Gasteiger charge is 2.22. The molecule has 0 radical (unpaired) electrons. The third-order valence-corrected chi connectivity index (χ3v) is 10.1. The number of unbranched alkanes of at least 4 members (excludes halogenated alkanes) is 15. The number of hydrogen-bond acceptors (Lipinski definition) is 9. The third kappa shape index (κ3) is 24.7. The average Bonchev–Trinajstić information content (AvgIpc) is 3.15. The van der Waals surface area contributed by atoms with Crippen LogP contribution in [0.4, 0.5) is 10.5 Å². The number of nitrogens with zero attached hydrogens (tertiary/aromatic N) is 1. The monoisotopic (exact) mass is 748 g/mol. The van der Waals surface area contributed by atoms with Crippen LogP contribution >= 0.6 is 0 Å². The summed E-state index contributed by atoms with van der Waals surface area (Å²) in [6, 6.07) is 5.16. The SMILES string of the molecule is CCCCCCCCC(CC)C(=O)OCCC(CCOC(=O)C(CCCCCCCC)CCCCCCCC)COC(=O)Oc1ccc([N+](=O)[O-])cc1. The van der Waals surface area contributed by atoms with Crippen molar-refractivity contribution in [2.24, 2.45) is 17.8 Å². The van der Waals surface area contributed by atoms with Gasteiger partial charge in [-0.15, -0.1) is 0 Å². The summed E-state index contributed by atoms with van der Waals surface area (Å²) in [6.07, 6.45) is 24.3. The number of carbonyl (C=O) groups is 3. The first-order chi connectivity index (χ1) is 25.7. The molecule has 2 unspecified atom stereocenters. The summed E-state index contributed by atoms with van der Waals surface area (Å²) in [5, 5.41) is 10.9. The number of benzene rings is 1. The molecule has 0 fully saturated rings. The Hall–Kier alpha value is -3.17. The average molecular weight is 748 g/mol. The molecule has 0 aliphatic rings. The van der Waals surface area contributed by atoms with Gasteiger partial charge in [-0.3, -0.25) is 19.7 Å². The zero-order valence-corrected chi connectivity index (χ0v) is 33.8. The molecule has 0 aliphatic heterocycles. The molecule has 0 N–H and O–H groups in total. The lowest BCUT2D eigenvalue weighted by molar-refractivity contribution is -0.384. The Morgan fingerprint density at radius 1 is 0.566 bits per heavy atom. The van der Waals surface area contributed by atoms with Crippen LogP contribution in [-0.4, -0.2) is 42.8 Å². The van der Waals surface area contributed by atoms with Gasteiger partial charge in [0.15, 0.2) is 0 Å². The molecule has 0 bridgehead atoms. The van der Waals surface area contributed by atoms with Crippen molar-refractivity contribution in [1.82, 2.24) is 0 Å². The maximum atomic E-state index is 13.3. The quantitative estimate of drug-likeness (QED) is 0.0169. The minimum absolute atomic E-state index is 0.0190. The molecule has 0 saturated carbocycles. The summed E-state index contributed by atoms with van der Waals surface area (Å²) >= 11 is 0. The highest BCUT2D eigenvalue weighted by Crippen LogP contribution is 2.23. The van der Waals surface area contributed by atoms with Crippen LogP contribution in [0.15, 0.2) is 24.3 Å². The van der Waals surface area contributed by atoms with E-state index in [4.69, 9.17) is 18.9 Å². The number of esters is 2. The van der Waals surface area contributed by atoms with Gasteiger partial charge in [0, 0.05) is 12.1 Å². The van der Waals surface area contributed by atoms with Crippen LogP contribution in [0.3, 0.4) is 0 Å². The molecule has 0 aliphatic carbocycles. The van der Waals surface area contributed by atoms with Gasteiger partial charge in [0.1, 0.15) is 5.75 Å². The molecule has 53 heavy (non-hydrogen) atoms. The van der Waals surface area contributed by atoms with Gasteiger partial charge < -0.3 is 18.9 Å². The van der Waals surface area contributed by atoms with Crippen LogP contribution in [0.25, 0.3) is 0 Å². The molecule has 0 spiro atoms. The van der Waals surface area contributed by atoms with E-state index in [1.54, 1.807) is 0 Å². The van der Waals surface area contributed by atoms with Crippen molar-refractivity contribution in [3.63, 3.8) is 0 Å². The molecule has 10 heteroatoms. The fourth-order valence-electron chi connectivity index (χ4n) is 6.53. The summed E-state index contributed by atoms with van der Waals surface area (Å²) in [5.74, 6) is -0.721. The predicted octanol–water partition coefficient (Wildman–Crippen LogP) is 12.5. The van der Waals surface area contributed by atoms with E-state index >= 15 is 0 Å². The van der Waals surface area contributed by atoms with Gasteiger partial charge in [0.25, 0.3) is 5.69 Å². The molecule has 0 saturated heterocycles. The number of nitro benzene ring substituents is 1. The second-order valence-electron chi connectivity index (χ2n) is 14.7. The van der Waals surface area contributed by atoms with Gasteiger partial charge in [-0.05, 0) is 56.6 Å². The molecule has 0 amide bonds. The Kier molecular flexibility index (Phi) is 29.1.